The Morgan fingerprint density at radius 3 is 0.727 bits per heavy atom. The minimum atomic E-state index is -0.833. The van der Waals surface area contributed by atoms with Gasteiger partial charge in [-0.15, -0.1) is 0 Å². The van der Waals surface area contributed by atoms with Crippen LogP contribution in [0.25, 0.3) is 0 Å². The van der Waals surface area contributed by atoms with E-state index in [2.05, 4.69) is 0 Å². The van der Waals surface area contributed by atoms with Crippen LogP contribution in [-0.4, -0.2) is 52.4 Å². The van der Waals surface area contributed by atoms with Gasteiger partial charge in [0.1, 0.15) is 0 Å². The molecule has 0 aliphatic carbocycles. The molecule has 0 saturated carbocycles. The molecule has 0 rings (SSSR count). The Bertz CT molecular complexity index is 54.6. The Kier molecular flexibility index (Phi) is 146. The van der Waals surface area contributed by atoms with E-state index in [1.165, 1.54) is 0 Å². The summed E-state index contributed by atoms with van der Waals surface area (Å²) in [5, 5.41) is 0. The van der Waals surface area contributed by atoms with Crippen molar-refractivity contribution in [3.05, 3.63) is 0 Å². The zero-order valence-corrected chi connectivity index (χ0v) is 12.5. The minimum Gasteiger partial charge on any atom is -0.310 e. The monoisotopic (exact) mass is 255 g/mol. The molecule has 0 aliphatic heterocycles. The van der Waals surface area contributed by atoms with Gasteiger partial charge in [-0.1, -0.05) is 0 Å². The predicted octanol–water partition coefficient (Wildman–Crippen LogP) is -2.82. The van der Waals surface area contributed by atoms with Crippen LogP contribution in [0, 0.1) is 0 Å². The fourth-order valence-electron chi connectivity index (χ4n) is 0. The maximum Gasteiger partial charge on any atom is 2.00 e. The number of hydrogen-bond acceptors (Lipinski definition) is 3. The van der Waals surface area contributed by atoms with Crippen molar-refractivity contribution in [3.8, 4) is 0 Å². The Morgan fingerprint density at radius 1 is 0.727 bits per heavy atom. The molecule has 0 unspecified atom stereocenters. The van der Waals surface area contributed by atoms with Crippen molar-refractivity contribution >= 4 is 63.8 Å². The van der Waals surface area contributed by atoms with Crippen molar-refractivity contribution in [1.29, 1.82) is 0 Å². The van der Waals surface area contributed by atoms with E-state index in [0.717, 1.165) is 0 Å². The van der Waals surface area contributed by atoms with Gasteiger partial charge in [0.25, 0.3) is 0 Å². The van der Waals surface area contributed by atoms with Crippen molar-refractivity contribution in [2.45, 2.75) is 0 Å². The average Bonchev–Trinajstić information content (AvgIpc) is 1.70. The van der Waals surface area contributed by atoms with E-state index in [4.69, 9.17) is 28.4 Å². The van der Waals surface area contributed by atoms with E-state index in [9.17, 15) is 0 Å². The van der Waals surface area contributed by atoms with Gasteiger partial charge in [-0.25, -0.2) is 13.7 Å². The topological polar surface area (TPSA) is 112 Å². The van der Waals surface area contributed by atoms with Gasteiger partial charge in [-0.2, -0.15) is 0 Å². The van der Waals surface area contributed by atoms with Crippen molar-refractivity contribution in [2.75, 3.05) is 0 Å². The van der Waals surface area contributed by atoms with Crippen molar-refractivity contribution in [3.63, 3.8) is 0 Å². The van der Waals surface area contributed by atoms with Gasteiger partial charge in [0.2, 0.25) is 0 Å². The van der Waals surface area contributed by atoms with Gasteiger partial charge in [0, 0.05) is 0 Å². The van der Waals surface area contributed by atoms with Crippen molar-refractivity contribution in [1.82, 2.24) is 0 Å². The maximum atomic E-state index is 8.46. The van der Waals surface area contributed by atoms with E-state index in [-0.39, 0.29) is 67.3 Å². The fourth-order valence-corrected chi connectivity index (χ4v) is 0. The molecule has 0 radical (unpaired) electrons. The largest absolute Gasteiger partial charge is 2.00 e. The molecule has 0 bridgehead atoms. The molecule has 0 saturated heterocycles. The van der Waals surface area contributed by atoms with Crippen LogP contribution in [0.1, 0.15) is 0 Å². The second-order valence-corrected chi connectivity index (χ2v) is 0.735. The van der Waals surface area contributed by atoms with Gasteiger partial charge in [0.15, 0.2) is 0 Å². The van der Waals surface area contributed by atoms with E-state index >= 15 is 0 Å². The standard InChI is InChI=1S/Ca.Na.3HO2P/c;;3*1-3-2/h;;3*(H,1,2)/q+2;+1;;;. The Balaban J connectivity index is -0.0000000150. The second kappa shape index (κ2) is 55.0. The third-order valence-electron chi connectivity index (χ3n) is 0. The molecule has 0 heterocycles. The molecule has 6 nitrogen and oxygen atoms in total. The van der Waals surface area contributed by atoms with Crippen LogP contribution >= 0.6 is 26.1 Å². The molecule has 0 aliphatic rings. The number of hydrogen-bond donors (Lipinski definition) is 3. The third-order valence-corrected chi connectivity index (χ3v) is 0. The summed E-state index contributed by atoms with van der Waals surface area (Å²) in [6, 6.07) is 0. The van der Waals surface area contributed by atoms with Gasteiger partial charge in [-0.05, 0) is 0 Å². The summed E-state index contributed by atoms with van der Waals surface area (Å²) in [5.74, 6) is 0. The van der Waals surface area contributed by atoms with Crippen LogP contribution < -0.4 is 29.6 Å². The summed E-state index contributed by atoms with van der Waals surface area (Å²) in [6.07, 6.45) is 0. The maximum absolute atomic E-state index is 8.46. The normalized spacial score (nSPS) is 5.73. The molecular formula is H3CaNaO6P3+3. The molecule has 0 spiro atoms. The summed E-state index contributed by atoms with van der Waals surface area (Å²) in [6.45, 7) is 0. The van der Waals surface area contributed by atoms with Crippen molar-refractivity contribution in [2.24, 2.45) is 0 Å². The molecule has 0 atom stereocenters. The van der Waals surface area contributed by atoms with Gasteiger partial charge in [0.05, 0.1) is 0 Å². The molecule has 0 aromatic carbocycles. The first-order valence-corrected chi connectivity index (χ1v) is 3.44. The molecule has 0 aromatic rings. The number of rotatable bonds is 0. The first-order chi connectivity index (χ1) is 4.24. The Morgan fingerprint density at radius 2 is 0.727 bits per heavy atom. The Labute approximate surface area is 120 Å². The zero-order valence-electron chi connectivity index (χ0n) is 5.62. The first-order valence-electron chi connectivity index (χ1n) is 1.15. The van der Waals surface area contributed by atoms with Crippen LogP contribution in [0.5, 0.6) is 0 Å². The van der Waals surface area contributed by atoms with Crippen molar-refractivity contribution < 1.29 is 57.9 Å². The molecule has 11 heteroatoms. The molecular weight excluding hydrogens is 252 g/mol. The summed E-state index contributed by atoms with van der Waals surface area (Å²) >= 11 is 0. The molecule has 54 valence electrons. The molecule has 11 heavy (non-hydrogen) atoms. The summed E-state index contributed by atoms with van der Waals surface area (Å²) in [7, 11) is -2.50. The minimum absolute atomic E-state index is 0. The van der Waals surface area contributed by atoms with E-state index in [1.54, 1.807) is 0 Å². The molecule has 3 N–H and O–H groups in total. The predicted molar refractivity (Wildman–Crippen MR) is 35.2 cm³/mol. The summed E-state index contributed by atoms with van der Waals surface area (Å²) in [4.78, 5) is 21.0. The average molecular weight is 255 g/mol. The smallest absolute Gasteiger partial charge is 0.310 e. The van der Waals surface area contributed by atoms with E-state index in [0.29, 0.717) is 0 Å². The van der Waals surface area contributed by atoms with Crippen LogP contribution in [0.4, 0.5) is 0 Å². The second-order valence-electron chi connectivity index (χ2n) is 0.245. The van der Waals surface area contributed by atoms with Crippen LogP contribution in [0.3, 0.4) is 0 Å². The van der Waals surface area contributed by atoms with Crippen LogP contribution in [0.15, 0.2) is 0 Å². The quantitative estimate of drug-likeness (QED) is 0.318. The summed E-state index contributed by atoms with van der Waals surface area (Å²) < 4.78 is 25.4. The SMILES string of the molecule is O=PO.O=PO.O=PO.[Ca+2].[Na+]. The van der Waals surface area contributed by atoms with E-state index < -0.39 is 26.1 Å². The van der Waals surface area contributed by atoms with Gasteiger partial charge >= 0.3 is 93.4 Å². The fraction of sp³-hybridized carbons (Fsp3) is 0. The van der Waals surface area contributed by atoms with Crippen LogP contribution in [-0.2, 0) is 13.7 Å². The first kappa shape index (κ1) is 29.2. The third kappa shape index (κ3) is 228. The Hall–Kier alpha value is 2.44. The molecule has 0 aromatic heterocycles. The molecule has 0 amide bonds. The van der Waals surface area contributed by atoms with Gasteiger partial charge in [-0.3, -0.25) is 0 Å². The van der Waals surface area contributed by atoms with E-state index in [1.807, 2.05) is 0 Å². The molecule has 0 fully saturated rings. The summed E-state index contributed by atoms with van der Waals surface area (Å²) in [5.41, 5.74) is 0. The zero-order chi connectivity index (χ0) is 8.12. The van der Waals surface area contributed by atoms with Gasteiger partial charge < -0.3 is 14.7 Å². The van der Waals surface area contributed by atoms with Crippen LogP contribution in [0.2, 0.25) is 0 Å².